The molecule has 0 amide bonds. The summed E-state index contributed by atoms with van der Waals surface area (Å²) in [5.41, 5.74) is 6.85. The van der Waals surface area contributed by atoms with E-state index in [1.165, 1.54) is 6.42 Å². The number of hydrogen-bond donors (Lipinski definition) is 2. The van der Waals surface area contributed by atoms with Crippen LogP contribution in [0.5, 0.6) is 0 Å². The first-order valence-electron chi connectivity index (χ1n) is 5.52. The maximum atomic E-state index is 9.52. The Balaban J connectivity index is 2.23. The summed E-state index contributed by atoms with van der Waals surface area (Å²) in [5, 5.41) is 13.9. The molecule has 0 spiro atoms. The first-order valence-corrected chi connectivity index (χ1v) is 5.52. The van der Waals surface area contributed by atoms with Crippen molar-refractivity contribution >= 4 is 0 Å². The van der Waals surface area contributed by atoms with Crippen molar-refractivity contribution in [3.63, 3.8) is 0 Å². The van der Waals surface area contributed by atoms with Crippen molar-refractivity contribution in [3.8, 4) is 0 Å². The van der Waals surface area contributed by atoms with Crippen molar-refractivity contribution in [1.29, 1.82) is 0 Å². The van der Waals surface area contributed by atoms with Gasteiger partial charge in [0.1, 0.15) is 0 Å². The van der Waals surface area contributed by atoms with Crippen LogP contribution in [0.15, 0.2) is 12.3 Å². The zero-order chi connectivity index (χ0) is 10.9. The van der Waals surface area contributed by atoms with Gasteiger partial charge in [0.25, 0.3) is 0 Å². The first-order chi connectivity index (χ1) is 7.22. The van der Waals surface area contributed by atoms with Gasteiger partial charge in [-0.15, -0.1) is 0 Å². The van der Waals surface area contributed by atoms with Crippen LogP contribution in [0.1, 0.15) is 30.9 Å². The molecular weight excluding hydrogens is 190 g/mol. The van der Waals surface area contributed by atoms with Crippen molar-refractivity contribution in [2.45, 2.75) is 25.2 Å². The van der Waals surface area contributed by atoms with Crippen LogP contribution in [0, 0.1) is 5.41 Å². The molecule has 3 N–H and O–H groups in total. The highest BCUT2D eigenvalue weighted by atomic mass is 16.3. The minimum Gasteiger partial charge on any atom is -0.396 e. The summed E-state index contributed by atoms with van der Waals surface area (Å²) in [6.07, 6.45) is 5.27. The number of aromatic nitrogens is 2. The second-order valence-electron chi connectivity index (χ2n) is 4.58. The van der Waals surface area contributed by atoms with Crippen LogP contribution < -0.4 is 5.73 Å². The summed E-state index contributed by atoms with van der Waals surface area (Å²) < 4.78 is 1.79. The average Bonchev–Trinajstić information content (AvgIpc) is 2.58. The normalized spacial score (nSPS) is 21.0. The highest BCUT2D eigenvalue weighted by molar-refractivity contribution is 5.14. The Kier molecular flexibility index (Phi) is 2.80. The number of hydrogen-bond acceptors (Lipinski definition) is 3. The Hall–Kier alpha value is -0.870. The van der Waals surface area contributed by atoms with E-state index >= 15 is 0 Å². The van der Waals surface area contributed by atoms with Crippen LogP contribution in [-0.4, -0.2) is 28.0 Å². The maximum Gasteiger partial charge on any atom is 0.0674 e. The second-order valence-corrected chi connectivity index (χ2v) is 4.58. The first kappa shape index (κ1) is 10.6. The van der Waals surface area contributed by atoms with Gasteiger partial charge in [0.15, 0.2) is 0 Å². The lowest BCUT2D eigenvalue weighted by Crippen LogP contribution is -2.42. The van der Waals surface area contributed by atoms with Gasteiger partial charge < -0.3 is 10.8 Å². The summed E-state index contributed by atoms with van der Waals surface area (Å²) in [7, 11) is 1.91. The highest BCUT2D eigenvalue weighted by Gasteiger charge is 2.44. The summed E-state index contributed by atoms with van der Waals surface area (Å²) in [5.74, 6) is 0.206. The zero-order valence-electron chi connectivity index (χ0n) is 9.19. The van der Waals surface area contributed by atoms with Gasteiger partial charge >= 0.3 is 0 Å². The van der Waals surface area contributed by atoms with E-state index in [2.05, 4.69) is 5.10 Å². The van der Waals surface area contributed by atoms with Crippen molar-refractivity contribution in [2.24, 2.45) is 18.2 Å². The zero-order valence-corrected chi connectivity index (χ0v) is 9.19. The highest BCUT2D eigenvalue weighted by Crippen LogP contribution is 2.50. The molecule has 1 aromatic rings. The molecule has 2 rings (SSSR count). The van der Waals surface area contributed by atoms with Crippen molar-refractivity contribution in [3.05, 3.63) is 18.0 Å². The molecular formula is C11H19N3O. The Morgan fingerprint density at radius 1 is 1.67 bits per heavy atom. The fourth-order valence-electron chi connectivity index (χ4n) is 2.55. The summed E-state index contributed by atoms with van der Waals surface area (Å²) in [6, 6.07) is 2.01. The third-order valence-electron chi connectivity index (χ3n) is 3.73. The van der Waals surface area contributed by atoms with Crippen LogP contribution >= 0.6 is 0 Å². The number of rotatable bonds is 4. The molecule has 0 aromatic carbocycles. The van der Waals surface area contributed by atoms with Crippen molar-refractivity contribution in [2.75, 3.05) is 13.2 Å². The largest absolute Gasteiger partial charge is 0.396 e. The fourth-order valence-corrected chi connectivity index (χ4v) is 2.55. The smallest absolute Gasteiger partial charge is 0.0674 e. The molecule has 84 valence electrons. The van der Waals surface area contributed by atoms with Gasteiger partial charge in [-0.25, -0.2) is 0 Å². The quantitative estimate of drug-likeness (QED) is 0.764. The van der Waals surface area contributed by atoms with Gasteiger partial charge in [-0.2, -0.15) is 5.10 Å². The molecule has 0 radical (unpaired) electrons. The molecule has 1 saturated carbocycles. The molecule has 4 heteroatoms. The molecule has 1 fully saturated rings. The van der Waals surface area contributed by atoms with Crippen LogP contribution in [0.25, 0.3) is 0 Å². The molecule has 1 aromatic heterocycles. The Bertz CT molecular complexity index is 325. The topological polar surface area (TPSA) is 64.1 Å². The standard InChI is InChI=1S/C11H19N3O/c1-14-6-3-10(13-14)9(7-12)11(8-15)4-2-5-11/h3,6,9,15H,2,4-5,7-8,12H2,1H3/t9-/m1/s1. The third kappa shape index (κ3) is 1.68. The van der Waals surface area contributed by atoms with E-state index in [0.717, 1.165) is 18.5 Å². The summed E-state index contributed by atoms with van der Waals surface area (Å²) in [6.45, 7) is 0.795. The van der Waals surface area contributed by atoms with Gasteiger partial charge in [-0.3, -0.25) is 4.68 Å². The van der Waals surface area contributed by atoms with Gasteiger partial charge in [-0.05, 0) is 18.9 Å². The molecule has 0 bridgehead atoms. The number of nitrogens with two attached hydrogens (primary N) is 1. The van der Waals surface area contributed by atoms with Gasteiger partial charge in [0, 0.05) is 37.7 Å². The van der Waals surface area contributed by atoms with E-state index < -0.39 is 0 Å². The van der Waals surface area contributed by atoms with Crippen LogP contribution in [-0.2, 0) is 7.05 Å². The van der Waals surface area contributed by atoms with Crippen LogP contribution in [0.4, 0.5) is 0 Å². The van der Waals surface area contributed by atoms with Gasteiger partial charge in [-0.1, -0.05) is 6.42 Å². The summed E-state index contributed by atoms with van der Waals surface area (Å²) in [4.78, 5) is 0. The monoisotopic (exact) mass is 209 g/mol. The molecule has 4 nitrogen and oxygen atoms in total. The minimum atomic E-state index is 0.00308. The predicted molar refractivity (Wildman–Crippen MR) is 58.4 cm³/mol. The molecule has 15 heavy (non-hydrogen) atoms. The van der Waals surface area contributed by atoms with E-state index in [4.69, 9.17) is 5.73 Å². The second kappa shape index (κ2) is 3.94. The predicted octanol–water partition coefficient (Wildman–Crippen LogP) is 0.625. The van der Waals surface area contributed by atoms with E-state index in [1.807, 2.05) is 19.3 Å². The molecule has 1 heterocycles. The molecule has 0 saturated heterocycles. The lowest BCUT2D eigenvalue weighted by Gasteiger charge is -2.45. The van der Waals surface area contributed by atoms with Crippen molar-refractivity contribution < 1.29 is 5.11 Å². The van der Waals surface area contributed by atoms with Crippen molar-refractivity contribution in [1.82, 2.24) is 9.78 Å². The van der Waals surface area contributed by atoms with Crippen LogP contribution in [0.2, 0.25) is 0 Å². The fraction of sp³-hybridized carbons (Fsp3) is 0.727. The van der Waals surface area contributed by atoms with E-state index in [1.54, 1.807) is 4.68 Å². The average molecular weight is 209 g/mol. The third-order valence-corrected chi connectivity index (χ3v) is 3.73. The molecule has 1 atom stereocenters. The number of nitrogens with zero attached hydrogens (tertiary/aromatic N) is 2. The van der Waals surface area contributed by atoms with Crippen LogP contribution in [0.3, 0.4) is 0 Å². The van der Waals surface area contributed by atoms with E-state index in [-0.39, 0.29) is 17.9 Å². The van der Waals surface area contributed by atoms with E-state index in [0.29, 0.717) is 6.54 Å². The summed E-state index contributed by atoms with van der Waals surface area (Å²) >= 11 is 0. The van der Waals surface area contributed by atoms with Gasteiger partial charge in [0.05, 0.1) is 5.69 Å². The Labute approximate surface area is 90.1 Å². The molecule has 0 unspecified atom stereocenters. The molecule has 1 aliphatic carbocycles. The van der Waals surface area contributed by atoms with E-state index in [9.17, 15) is 5.11 Å². The number of aliphatic hydroxyl groups is 1. The maximum absolute atomic E-state index is 9.52. The molecule has 1 aliphatic rings. The SMILES string of the molecule is Cn1ccc([C@@H](CN)C2(CO)CCC2)n1. The Morgan fingerprint density at radius 3 is 2.73 bits per heavy atom. The number of aryl methyl sites for hydroxylation is 1. The van der Waals surface area contributed by atoms with Gasteiger partial charge in [0.2, 0.25) is 0 Å². The minimum absolute atomic E-state index is 0.00308. The molecule has 0 aliphatic heterocycles. The lowest BCUT2D eigenvalue weighted by atomic mass is 9.60. The lowest BCUT2D eigenvalue weighted by molar-refractivity contribution is 0.0178. The Morgan fingerprint density at radius 2 is 2.40 bits per heavy atom. The number of aliphatic hydroxyl groups excluding tert-OH is 1.